The fraction of sp³-hybridized carbons (Fsp3) is 0.476. The van der Waals surface area contributed by atoms with Gasteiger partial charge in [-0.3, -0.25) is 9.59 Å². The highest BCUT2D eigenvalue weighted by Crippen LogP contribution is 2.44. The maximum absolute atomic E-state index is 13.0. The van der Waals surface area contributed by atoms with Crippen LogP contribution in [0.5, 0.6) is 0 Å². The van der Waals surface area contributed by atoms with E-state index in [1.807, 2.05) is 35.2 Å². The maximum Gasteiger partial charge on any atom is 0.274 e. The van der Waals surface area contributed by atoms with Gasteiger partial charge in [0.15, 0.2) is 5.69 Å². The summed E-state index contributed by atoms with van der Waals surface area (Å²) in [5.41, 5.74) is 7.18. The molecule has 0 bridgehead atoms. The zero-order valence-electron chi connectivity index (χ0n) is 15.6. The number of nitrogens with two attached hydrogens (primary N) is 1. The first kappa shape index (κ1) is 17.8. The van der Waals surface area contributed by atoms with Gasteiger partial charge >= 0.3 is 0 Å². The normalized spacial score (nSPS) is 19.2. The molecule has 6 heteroatoms. The molecule has 1 spiro atoms. The van der Waals surface area contributed by atoms with E-state index < -0.39 is 5.91 Å². The SMILES string of the molecule is NC(=O)c1cc(C(=O)N2CCC3(CCCCC3)CC2)nn1-c1ccccc1. The highest BCUT2D eigenvalue weighted by molar-refractivity contribution is 5.97. The molecule has 2 N–H and O–H groups in total. The average Bonchev–Trinajstić information content (AvgIpc) is 3.15. The molecule has 0 radical (unpaired) electrons. The Bertz CT molecular complexity index is 827. The molecule has 1 saturated heterocycles. The van der Waals surface area contributed by atoms with E-state index >= 15 is 0 Å². The van der Waals surface area contributed by atoms with Crippen molar-refractivity contribution in [2.75, 3.05) is 13.1 Å². The molecule has 1 aliphatic heterocycles. The first-order valence-electron chi connectivity index (χ1n) is 9.83. The van der Waals surface area contributed by atoms with Gasteiger partial charge in [-0.2, -0.15) is 5.10 Å². The average molecular weight is 366 g/mol. The molecule has 142 valence electrons. The summed E-state index contributed by atoms with van der Waals surface area (Å²) >= 11 is 0. The van der Waals surface area contributed by atoms with Crippen molar-refractivity contribution in [2.45, 2.75) is 44.9 Å². The van der Waals surface area contributed by atoms with E-state index in [9.17, 15) is 9.59 Å². The molecule has 1 aliphatic carbocycles. The minimum Gasteiger partial charge on any atom is -0.364 e. The fourth-order valence-electron chi connectivity index (χ4n) is 4.58. The number of likely N-dealkylation sites (tertiary alicyclic amines) is 1. The lowest BCUT2D eigenvalue weighted by Gasteiger charge is -2.44. The summed E-state index contributed by atoms with van der Waals surface area (Å²) in [6, 6.07) is 10.8. The van der Waals surface area contributed by atoms with Crippen molar-refractivity contribution in [3.8, 4) is 5.69 Å². The van der Waals surface area contributed by atoms with Crippen molar-refractivity contribution in [3.63, 3.8) is 0 Å². The number of amides is 2. The molecule has 1 saturated carbocycles. The zero-order chi connectivity index (χ0) is 18.9. The number of nitrogens with zero attached hydrogens (tertiary/aromatic N) is 3. The van der Waals surface area contributed by atoms with Crippen LogP contribution in [0.4, 0.5) is 0 Å². The number of hydrogen-bond acceptors (Lipinski definition) is 3. The standard InChI is InChI=1S/C21H26N4O2/c22-19(26)18-15-17(23-25(18)16-7-3-1-4-8-16)20(27)24-13-11-21(12-14-24)9-5-2-6-10-21/h1,3-4,7-8,15H,2,5-6,9-14H2,(H2,22,26). The van der Waals surface area contributed by atoms with Crippen LogP contribution in [0.2, 0.25) is 0 Å². The molecular formula is C21H26N4O2. The van der Waals surface area contributed by atoms with E-state index in [1.165, 1.54) is 42.9 Å². The number of primary amides is 1. The summed E-state index contributed by atoms with van der Waals surface area (Å²) in [5, 5.41) is 4.41. The Kier molecular flexibility index (Phi) is 4.72. The van der Waals surface area contributed by atoms with Gasteiger partial charge in [0, 0.05) is 19.2 Å². The number of carbonyl (C=O) groups is 2. The van der Waals surface area contributed by atoms with Gasteiger partial charge in [0.05, 0.1) is 5.69 Å². The summed E-state index contributed by atoms with van der Waals surface area (Å²) in [7, 11) is 0. The second kappa shape index (κ2) is 7.18. The van der Waals surface area contributed by atoms with Gasteiger partial charge in [0.2, 0.25) is 0 Å². The second-order valence-corrected chi connectivity index (χ2v) is 7.88. The number of rotatable bonds is 3. The predicted molar refractivity (Wildman–Crippen MR) is 103 cm³/mol. The van der Waals surface area contributed by atoms with Gasteiger partial charge in [0.1, 0.15) is 5.69 Å². The quantitative estimate of drug-likeness (QED) is 0.906. The molecule has 0 unspecified atom stereocenters. The molecule has 1 aromatic carbocycles. The maximum atomic E-state index is 13.0. The van der Waals surface area contributed by atoms with Gasteiger partial charge in [-0.1, -0.05) is 37.5 Å². The molecule has 2 heterocycles. The van der Waals surface area contributed by atoms with Crippen molar-refractivity contribution in [2.24, 2.45) is 11.1 Å². The molecule has 0 atom stereocenters. The van der Waals surface area contributed by atoms with Crippen LogP contribution in [0.15, 0.2) is 36.4 Å². The van der Waals surface area contributed by atoms with Crippen molar-refractivity contribution in [1.82, 2.24) is 14.7 Å². The van der Waals surface area contributed by atoms with E-state index in [0.717, 1.165) is 25.9 Å². The number of para-hydroxylation sites is 1. The lowest BCUT2D eigenvalue weighted by Crippen LogP contribution is -2.44. The smallest absolute Gasteiger partial charge is 0.274 e. The predicted octanol–water partition coefficient (Wildman–Crippen LogP) is 3.16. The van der Waals surface area contributed by atoms with E-state index in [-0.39, 0.29) is 17.3 Å². The molecule has 1 aromatic heterocycles. The van der Waals surface area contributed by atoms with Gasteiger partial charge < -0.3 is 10.6 Å². The Labute approximate surface area is 159 Å². The van der Waals surface area contributed by atoms with Crippen LogP contribution in [0, 0.1) is 5.41 Å². The third kappa shape index (κ3) is 3.48. The number of piperidine rings is 1. The first-order chi connectivity index (χ1) is 13.1. The number of hydrogen-bond donors (Lipinski definition) is 1. The Balaban J connectivity index is 1.53. The summed E-state index contributed by atoms with van der Waals surface area (Å²) in [6.07, 6.45) is 8.71. The first-order valence-corrected chi connectivity index (χ1v) is 9.83. The fourth-order valence-corrected chi connectivity index (χ4v) is 4.58. The molecule has 2 fully saturated rings. The molecule has 6 nitrogen and oxygen atoms in total. The Hall–Kier alpha value is -2.63. The molecular weight excluding hydrogens is 340 g/mol. The van der Waals surface area contributed by atoms with Gasteiger partial charge in [-0.05, 0) is 43.2 Å². The Morgan fingerprint density at radius 2 is 1.63 bits per heavy atom. The highest BCUT2D eigenvalue weighted by atomic mass is 16.2. The van der Waals surface area contributed by atoms with Crippen LogP contribution in [-0.4, -0.2) is 39.6 Å². The molecule has 2 aliphatic rings. The monoisotopic (exact) mass is 366 g/mol. The highest BCUT2D eigenvalue weighted by Gasteiger charge is 2.37. The van der Waals surface area contributed by atoms with E-state index in [4.69, 9.17) is 5.73 Å². The van der Waals surface area contributed by atoms with E-state index in [0.29, 0.717) is 11.1 Å². The summed E-state index contributed by atoms with van der Waals surface area (Å²) in [4.78, 5) is 26.7. The van der Waals surface area contributed by atoms with Gasteiger partial charge in [-0.15, -0.1) is 0 Å². The van der Waals surface area contributed by atoms with Crippen molar-refractivity contribution >= 4 is 11.8 Å². The van der Waals surface area contributed by atoms with Crippen LogP contribution in [-0.2, 0) is 0 Å². The van der Waals surface area contributed by atoms with Crippen molar-refractivity contribution < 1.29 is 9.59 Å². The topological polar surface area (TPSA) is 81.2 Å². The van der Waals surface area contributed by atoms with E-state index in [2.05, 4.69) is 5.10 Å². The van der Waals surface area contributed by atoms with Crippen LogP contribution >= 0.6 is 0 Å². The molecule has 2 aromatic rings. The summed E-state index contributed by atoms with van der Waals surface area (Å²) in [6.45, 7) is 1.53. The third-order valence-corrected chi connectivity index (χ3v) is 6.21. The second-order valence-electron chi connectivity index (χ2n) is 7.88. The van der Waals surface area contributed by atoms with Gasteiger partial charge in [-0.25, -0.2) is 4.68 Å². The van der Waals surface area contributed by atoms with Crippen LogP contribution in [0.25, 0.3) is 5.69 Å². The van der Waals surface area contributed by atoms with Crippen LogP contribution in [0.3, 0.4) is 0 Å². The lowest BCUT2D eigenvalue weighted by molar-refractivity contribution is 0.0467. The minimum atomic E-state index is -0.592. The Morgan fingerprint density at radius 3 is 2.26 bits per heavy atom. The van der Waals surface area contributed by atoms with E-state index in [1.54, 1.807) is 0 Å². The van der Waals surface area contributed by atoms with Crippen molar-refractivity contribution in [1.29, 1.82) is 0 Å². The molecule has 4 rings (SSSR count). The molecule has 2 amide bonds. The third-order valence-electron chi connectivity index (χ3n) is 6.21. The zero-order valence-corrected chi connectivity index (χ0v) is 15.6. The lowest BCUT2D eigenvalue weighted by atomic mass is 9.68. The van der Waals surface area contributed by atoms with Crippen LogP contribution < -0.4 is 5.73 Å². The summed E-state index contributed by atoms with van der Waals surface area (Å²) < 4.78 is 1.46. The van der Waals surface area contributed by atoms with Crippen molar-refractivity contribution in [3.05, 3.63) is 47.8 Å². The number of carbonyl (C=O) groups excluding carboxylic acids is 2. The number of benzene rings is 1. The number of aromatic nitrogens is 2. The summed E-state index contributed by atoms with van der Waals surface area (Å²) in [5.74, 6) is -0.706. The van der Waals surface area contributed by atoms with Gasteiger partial charge in [0.25, 0.3) is 11.8 Å². The minimum absolute atomic E-state index is 0.113. The Morgan fingerprint density at radius 1 is 0.963 bits per heavy atom. The van der Waals surface area contributed by atoms with Crippen LogP contribution in [0.1, 0.15) is 65.9 Å². The molecule has 27 heavy (non-hydrogen) atoms. The largest absolute Gasteiger partial charge is 0.364 e.